The first kappa shape index (κ1) is 32.2. The Balaban J connectivity index is 1.06. The van der Waals surface area contributed by atoms with Gasteiger partial charge in [-0.1, -0.05) is 194 Å². The molecule has 0 aliphatic rings. The fourth-order valence-electron chi connectivity index (χ4n) is 7.63. The van der Waals surface area contributed by atoms with E-state index in [4.69, 9.17) is 15.1 Å². The molecule has 3 heterocycles. The van der Waals surface area contributed by atoms with Crippen LogP contribution < -0.4 is 0 Å². The van der Waals surface area contributed by atoms with Crippen LogP contribution in [0.4, 0.5) is 0 Å². The van der Waals surface area contributed by atoms with Gasteiger partial charge in [0.15, 0.2) is 5.82 Å². The fourth-order valence-corrected chi connectivity index (χ4v) is 7.63. The Labute approximate surface area is 319 Å². The van der Waals surface area contributed by atoms with Gasteiger partial charge in [-0.2, -0.15) is 5.10 Å². The van der Waals surface area contributed by atoms with Crippen molar-refractivity contribution in [3.05, 3.63) is 206 Å². The topological polar surface area (TPSA) is 43.1 Å². The molecule has 0 fully saturated rings. The molecule has 0 aliphatic carbocycles. The lowest BCUT2D eigenvalue weighted by Gasteiger charge is -2.18. The highest BCUT2D eigenvalue weighted by Gasteiger charge is 2.21. The van der Waals surface area contributed by atoms with Crippen molar-refractivity contribution in [1.82, 2.24) is 19.6 Å². The lowest BCUT2D eigenvalue weighted by Crippen LogP contribution is -2.00. The third-order valence-corrected chi connectivity index (χ3v) is 10.3. The summed E-state index contributed by atoms with van der Waals surface area (Å²) in [6, 6.07) is 70.0. The van der Waals surface area contributed by atoms with Gasteiger partial charge in [-0.05, 0) is 33.7 Å². The van der Waals surface area contributed by atoms with Crippen LogP contribution in [0.1, 0.15) is 0 Å². The zero-order valence-corrected chi connectivity index (χ0v) is 29.9. The molecule has 258 valence electrons. The maximum absolute atomic E-state index is 5.06. The third kappa shape index (κ3) is 5.96. The molecule has 10 aromatic rings. The number of benzene rings is 7. The molecule has 0 unspecified atom stereocenters. The molecule has 0 radical (unpaired) electrons. The molecule has 10 rings (SSSR count). The largest absolute Gasteiger partial charge is 0.231 e. The maximum Gasteiger partial charge on any atom is 0.160 e. The molecular formula is C51H34N4. The summed E-state index contributed by atoms with van der Waals surface area (Å²) in [5.41, 5.74) is 15.0. The van der Waals surface area contributed by atoms with Crippen molar-refractivity contribution in [3.63, 3.8) is 0 Å². The summed E-state index contributed by atoms with van der Waals surface area (Å²) in [4.78, 5) is 9.98. The molecule has 0 saturated heterocycles. The average Bonchev–Trinajstić information content (AvgIpc) is 3.73. The molecular weight excluding hydrogens is 669 g/mol. The summed E-state index contributed by atoms with van der Waals surface area (Å²) in [7, 11) is 0. The highest BCUT2D eigenvalue weighted by atomic mass is 15.2. The first-order valence-electron chi connectivity index (χ1n) is 18.5. The number of rotatable bonds is 7. The minimum Gasteiger partial charge on any atom is -0.231 e. The van der Waals surface area contributed by atoms with Gasteiger partial charge in [0.25, 0.3) is 0 Å². The van der Waals surface area contributed by atoms with E-state index in [0.29, 0.717) is 5.82 Å². The van der Waals surface area contributed by atoms with Gasteiger partial charge < -0.3 is 0 Å². The van der Waals surface area contributed by atoms with E-state index in [1.165, 1.54) is 10.8 Å². The summed E-state index contributed by atoms with van der Waals surface area (Å²) in [5, 5.41) is 7.42. The second-order valence-electron chi connectivity index (χ2n) is 13.7. The first-order chi connectivity index (χ1) is 27.3. The Morgan fingerprint density at radius 1 is 0.345 bits per heavy atom. The fraction of sp³-hybridized carbons (Fsp3) is 0. The van der Waals surface area contributed by atoms with Crippen LogP contribution in [-0.4, -0.2) is 19.6 Å². The van der Waals surface area contributed by atoms with Crippen LogP contribution in [0.25, 0.3) is 94.8 Å². The van der Waals surface area contributed by atoms with Gasteiger partial charge in [0.05, 0.1) is 28.8 Å². The number of pyridine rings is 1. The van der Waals surface area contributed by atoms with E-state index in [-0.39, 0.29) is 0 Å². The Hall–Kier alpha value is -7.43. The van der Waals surface area contributed by atoms with Crippen LogP contribution in [0.3, 0.4) is 0 Å². The van der Waals surface area contributed by atoms with Crippen molar-refractivity contribution in [2.75, 3.05) is 0 Å². The molecule has 0 saturated carbocycles. The Bertz CT molecular complexity index is 2860. The van der Waals surface area contributed by atoms with Crippen LogP contribution in [0, 0.1) is 0 Å². The Morgan fingerprint density at radius 2 is 0.782 bits per heavy atom. The molecule has 4 heteroatoms. The van der Waals surface area contributed by atoms with Gasteiger partial charge in [0, 0.05) is 38.8 Å². The van der Waals surface area contributed by atoms with Crippen LogP contribution in [0.2, 0.25) is 0 Å². The van der Waals surface area contributed by atoms with Crippen LogP contribution >= 0.6 is 0 Å². The first-order valence-corrected chi connectivity index (χ1v) is 18.5. The van der Waals surface area contributed by atoms with Crippen LogP contribution in [-0.2, 0) is 0 Å². The van der Waals surface area contributed by atoms with E-state index in [2.05, 4.69) is 168 Å². The number of nitrogens with zero attached hydrogens (tertiary/aromatic N) is 4. The SMILES string of the molecule is c1ccc(-c2cc(-c3ccc(-c4ccc(-c5c(-c6ccccc6)n6ncc(-c7ccccc7)c6c6ccccc56)cc4)cc3)nc(-c3ccccc3)n2)cc1. The molecule has 55 heavy (non-hydrogen) atoms. The standard InChI is InChI=1S/C51H34N4/c1-5-15-37(16-6-1)45-34-52-55-49(41-19-9-3-10-20-41)48(43-23-13-14-24-44(43)50(45)55)40-31-27-36(28-32-40)35-25-29-39(30-26-35)47-33-46(38-17-7-2-8-18-38)53-51(54-47)42-21-11-4-12-22-42/h1-34H. The van der Waals surface area contributed by atoms with Gasteiger partial charge in [-0.3, -0.25) is 0 Å². The minimum atomic E-state index is 0.712. The molecule has 7 aromatic carbocycles. The van der Waals surface area contributed by atoms with Gasteiger partial charge in [0.1, 0.15) is 0 Å². The summed E-state index contributed by atoms with van der Waals surface area (Å²) >= 11 is 0. The van der Waals surface area contributed by atoms with Crippen LogP contribution in [0.5, 0.6) is 0 Å². The molecule has 0 N–H and O–H groups in total. The molecule has 0 atom stereocenters. The maximum atomic E-state index is 5.06. The lowest BCUT2D eigenvalue weighted by atomic mass is 9.91. The summed E-state index contributed by atoms with van der Waals surface area (Å²) in [6.07, 6.45) is 2.01. The molecule has 0 aliphatic heterocycles. The van der Waals surface area contributed by atoms with Crippen molar-refractivity contribution in [1.29, 1.82) is 0 Å². The van der Waals surface area contributed by atoms with Crippen molar-refractivity contribution >= 4 is 16.3 Å². The minimum absolute atomic E-state index is 0.712. The van der Waals surface area contributed by atoms with Gasteiger partial charge >= 0.3 is 0 Å². The highest BCUT2D eigenvalue weighted by molar-refractivity contribution is 6.13. The van der Waals surface area contributed by atoms with Crippen LogP contribution in [0.15, 0.2) is 206 Å². The molecule has 0 spiro atoms. The summed E-state index contributed by atoms with van der Waals surface area (Å²) in [5.74, 6) is 0.712. The Kier molecular flexibility index (Phi) is 8.12. The quantitative estimate of drug-likeness (QED) is 0.166. The van der Waals surface area contributed by atoms with Crippen molar-refractivity contribution in [2.45, 2.75) is 0 Å². The van der Waals surface area contributed by atoms with Crippen molar-refractivity contribution in [3.8, 4) is 78.5 Å². The van der Waals surface area contributed by atoms with Gasteiger partial charge in [0.2, 0.25) is 0 Å². The number of fused-ring (bicyclic) bond motifs is 3. The van der Waals surface area contributed by atoms with E-state index in [1.807, 2.05) is 42.6 Å². The smallest absolute Gasteiger partial charge is 0.160 e. The van der Waals surface area contributed by atoms with E-state index >= 15 is 0 Å². The van der Waals surface area contributed by atoms with E-state index < -0.39 is 0 Å². The van der Waals surface area contributed by atoms with Gasteiger partial charge in [-0.15, -0.1) is 0 Å². The highest BCUT2D eigenvalue weighted by Crippen LogP contribution is 2.43. The number of hydrogen-bond acceptors (Lipinski definition) is 3. The third-order valence-electron chi connectivity index (χ3n) is 10.3. The lowest BCUT2D eigenvalue weighted by molar-refractivity contribution is 0.976. The second-order valence-corrected chi connectivity index (χ2v) is 13.7. The molecule has 3 aromatic heterocycles. The predicted octanol–water partition coefficient (Wildman–Crippen LogP) is 12.9. The molecule has 0 amide bonds. The van der Waals surface area contributed by atoms with E-state index in [1.54, 1.807) is 0 Å². The second kappa shape index (κ2) is 13.8. The normalized spacial score (nSPS) is 11.3. The monoisotopic (exact) mass is 702 g/mol. The zero-order valence-electron chi connectivity index (χ0n) is 29.9. The number of aromatic nitrogens is 4. The molecule has 0 bridgehead atoms. The zero-order chi connectivity index (χ0) is 36.6. The van der Waals surface area contributed by atoms with E-state index in [0.717, 1.165) is 78.2 Å². The predicted molar refractivity (Wildman–Crippen MR) is 226 cm³/mol. The summed E-state index contributed by atoms with van der Waals surface area (Å²) in [6.45, 7) is 0. The summed E-state index contributed by atoms with van der Waals surface area (Å²) < 4.78 is 2.14. The molecule has 4 nitrogen and oxygen atoms in total. The Morgan fingerprint density at radius 3 is 1.36 bits per heavy atom. The van der Waals surface area contributed by atoms with Crippen molar-refractivity contribution in [2.24, 2.45) is 0 Å². The number of hydrogen-bond donors (Lipinski definition) is 0. The van der Waals surface area contributed by atoms with Crippen molar-refractivity contribution < 1.29 is 0 Å². The average molecular weight is 703 g/mol. The van der Waals surface area contributed by atoms with Gasteiger partial charge in [-0.25, -0.2) is 14.5 Å². The van der Waals surface area contributed by atoms with E-state index in [9.17, 15) is 0 Å².